The van der Waals surface area contributed by atoms with Gasteiger partial charge in [0.1, 0.15) is 0 Å². The lowest BCUT2D eigenvalue weighted by atomic mass is 10.0. The summed E-state index contributed by atoms with van der Waals surface area (Å²) in [7, 11) is 1.39. The fraction of sp³-hybridized carbons (Fsp3) is 0.385. The van der Waals surface area contributed by atoms with Crippen molar-refractivity contribution in [2.45, 2.75) is 18.9 Å². The highest BCUT2D eigenvalue weighted by atomic mass is 16.5. The van der Waals surface area contributed by atoms with E-state index in [1.807, 2.05) is 30.3 Å². The lowest BCUT2D eigenvalue weighted by Crippen LogP contribution is -2.45. The number of nitrogens with one attached hydrogen (secondary N) is 1. The third-order valence-electron chi connectivity index (χ3n) is 2.64. The molecule has 0 aliphatic rings. The molecule has 98 valence electrons. The van der Waals surface area contributed by atoms with Crippen LogP contribution in [0.1, 0.15) is 18.4 Å². The number of hydrogen-bond acceptors (Lipinski definition) is 3. The normalized spacial score (nSPS) is 13.7. The van der Waals surface area contributed by atoms with Crippen LogP contribution in [0.25, 0.3) is 0 Å². The minimum Gasteiger partial charge on any atom is -0.480 e. The molecule has 0 spiro atoms. The predicted molar refractivity (Wildman–Crippen MR) is 66.3 cm³/mol. The van der Waals surface area contributed by atoms with Crippen molar-refractivity contribution in [1.29, 1.82) is 0 Å². The Labute approximate surface area is 106 Å². The highest BCUT2D eigenvalue weighted by molar-refractivity contribution is 5.87. The van der Waals surface area contributed by atoms with E-state index >= 15 is 0 Å². The standard InChI is InChI=1S/C13H17NO4/c1-9(10-6-4-3-5-7-10)12(15)14-11(8-18-2)13(16)17/h3-7,9,11H,8H2,1-2H3,(H,14,15)(H,16,17)/t9-,11?/m1/s1. The van der Waals surface area contributed by atoms with Gasteiger partial charge in [0.2, 0.25) is 5.91 Å². The van der Waals surface area contributed by atoms with Crippen LogP contribution in [-0.2, 0) is 14.3 Å². The predicted octanol–water partition coefficient (Wildman–Crippen LogP) is 1.01. The number of carboxylic acids is 1. The molecule has 0 saturated carbocycles. The molecule has 5 nitrogen and oxygen atoms in total. The molecule has 0 fully saturated rings. The van der Waals surface area contributed by atoms with Gasteiger partial charge in [-0.05, 0) is 12.5 Å². The van der Waals surface area contributed by atoms with Gasteiger partial charge in [-0.1, -0.05) is 30.3 Å². The number of carbonyl (C=O) groups excluding carboxylic acids is 1. The molecule has 2 N–H and O–H groups in total. The van der Waals surface area contributed by atoms with Gasteiger partial charge in [0.15, 0.2) is 6.04 Å². The summed E-state index contributed by atoms with van der Waals surface area (Å²) in [6, 6.07) is 8.17. The van der Waals surface area contributed by atoms with E-state index in [2.05, 4.69) is 5.32 Å². The summed E-state index contributed by atoms with van der Waals surface area (Å²) >= 11 is 0. The van der Waals surface area contributed by atoms with Crippen LogP contribution in [0.15, 0.2) is 30.3 Å². The second kappa shape index (κ2) is 6.76. The highest BCUT2D eigenvalue weighted by Crippen LogP contribution is 2.14. The van der Waals surface area contributed by atoms with Crippen LogP contribution < -0.4 is 5.32 Å². The Kier molecular flexibility index (Phi) is 5.32. The van der Waals surface area contributed by atoms with Crippen LogP contribution in [0.5, 0.6) is 0 Å². The van der Waals surface area contributed by atoms with Crippen molar-refractivity contribution in [1.82, 2.24) is 5.32 Å². The first-order valence-corrected chi connectivity index (χ1v) is 5.63. The number of carbonyl (C=O) groups is 2. The average molecular weight is 251 g/mol. The zero-order chi connectivity index (χ0) is 13.5. The number of amides is 1. The van der Waals surface area contributed by atoms with Crippen molar-refractivity contribution in [3.63, 3.8) is 0 Å². The number of ether oxygens (including phenoxy) is 1. The van der Waals surface area contributed by atoms with Crippen LogP contribution in [-0.4, -0.2) is 36.7 Å². The molecule has 1 rings (SSSR count). The van der Waals surface area contributed by atoms with Gasteiger partial charge in [0.25, 0.3) is 0 Å². The van der Waals surface area contributed by atoms with Crippen LogP contribution in [0.3, 0.4) is 0 Å². The largest absolute Gasteiger partial charge is 0.480 e. The summed E-state index contributed by atoms with van der Waals surface area (Å²) in [6.45, 7) is 1.68. The molecule has 1 unspecified atom stereocenters. The zero-order valence-corrected chi connectivity index (χ0v) is 10.4. The van der Waals surface area contributed by atoms with E-state index in [4.69, 9.17) is 9.84 Å². The molecule has 0 aliphatic heterocycles. The minimum atomic E-state index is -1.11. The van der Waals surface area contributed by atoms with Gasteiger partial charge in [-0.3, -0.25) is 4.79 Å². The van der Waals surface area contributed by atoms with Gasteiger partial charge in [-0.15, -0.1) is 0 Å². The van der Waals surface area contributed by atoms with Crippen LogP contribution in [0.2, 0.25) is 0 Å². The van der Waals surface area contributed by atoms with Gasteiger partial charge in [-0.25, -0.2) is 4.79 Å². The Morgan fingerprint density at radius 3 is 2.44 bits per heavy atom. The molecule has 0 aliphatic carbocycles. The third-order valence-corrected chi connectivity index (χ3v) is 2.64. The van der Waals surface area contributed by atoms with E-state index in [0.717, 1.165) is 5.56 Å². The summed E-state index contributed by atoms with van der Waals surface area (Å²) < 4.78 is 4.76. The van der Waals surface area contributed by atoms with Gasteiger partial charge >= 0.3 is 5.97 Å². The summed E-state index contributed by atoms with van der Waals surface area (Å²) in [5.74, 6) is -1.83. The van der Waals surface area contributed by atoms with E-state index < -0.39 is 17.9 Å². The SMILES string of the molecule is COCC(NC(=O)[C@H](C)c1ccccc1)C(=O)O. The molecule has 0 heterocycles. The zero-order valence-electron chi connectivity index (χ0n) is 10.4. The summed E-state index contributed by atoms with van der Waals surface area (Å²) in [4.78, 5) is 22.8. The summed E-state index contributed by atoms with van der Waals surface area (Å²) in [6.07, 6.45) is 0. The molecular weight excluding hydrogens is 234 g/mol. The Morgan fingerprint density at radius 1 is 1.33 bits per heavy atom. The third kappa shape index (κ3) is 3.85. The number of aliphatic carboxylic acids is 1. The lowest BCUT2D eigenvalue weighted by Gasteiger charge is -2.17. The maximum absolute atomic E-state index is 11.9. The van der Waals surface area contributed by atoms with Gasteiger partial charge in [0, 0.05) is 7.11 Å². The first kappa shape index (κ1) is 14.2. The van der Waals surface area contributed by atoms with Crippen LogP contribution >= 0.6 is 0 Å². The maximum atomic E-state index is 11.9. The van der Waals surface area contributed by atoms with Crippen molar-refractivity contribution in [3.8, 4) is 0 Å². The Balaban J connectivity index is 2.67. The number of methoxy groups -OCH3 is 1. The van der Waals surface area contributed by atoms with Crippen molar-refractivity contribution in [2.24, 2.45) is 0 Å². The van der Waals surface area contributed by atoms with E-state index in [0.29, 0.717) is 0 Å². The topological polar surface area (TPSA) is 75.6 Å². The monoisotopic (exact) mass is 251 g/mol. The Hall–Kier alpha value is -1.88. The quantitative estimate of drug-likeness (QED) is 0.791. The van der Waals surface area contributed by atoms with Gasteiger partial charge in [-0.2, -0.15) is 0 Å². The molecular formula is C13H17NO4. The highest BCUT2D eigenvalue weighted by Gasteiger charge is 2.23. The van der Waals surface area contributed by atoms with E-state index in [9.17, 15) is 9.59 Å². The summed E-state index contributed by atoms with van der Waals surface area (Å²) in [5.41, 5.74) is 0.844. The Bertz CT molecular complexity index is 405. The molecule has 0 bridgehead atoms. The Morgan fingerprint density at radius 2 is 1.94 bits per heavy atom. The molecule has 1 aromatic carbocycles. The molecule has 0 radical (unpaired) electrons. The lowest BCUT2D eigenvalue weighted by molar-refractivity contribution is -0.143. The second-order valence-corrected chi connectivity index (χ2v) is 3.99. The number of hydrogen-bond donors (Lipinski definition) is 2. The number of rotatable bonds is 6. The van der Waals surface area contributed by atoms with Crippen molar-refractivity contribution in [2.75, 3.05) is 13.7 Å². The fourth-order valence-electron chi connectivity index (χ4n) is 1.53. The number of carboxylic acid groups (broad SMARTS) is 1. The van der Waals surface area contributed by atoms with Crippen LogP contribution in [0.4, 0.5) is 0 Å². The van der Waals surface area contributed by atoms with Crippen LogP contribution in [0, 0.1) is 0 Å². The molecule has 0 saturated heterocycles. The van der Waals surface area contributed by atoms with E-state index in [1.54, 1.807) is 6.92 Å². The van der Waals surface area contributed by atoms with Crippen molar-refractivity contribution < 1.29 is 19.4 Å². The molecule has 1 aromatic rings. The van der Waals surface area contributed by atoms with E-state index in [-0.39, 0.29) is 12.5 Å². The average Bonchev–Trinajstić information content (AvgIpc) is 2.38. The van der Waals surface area contributed by atoms with Crippen molar-refractivity contribution in [3.05, 3.63) is 35.9 Å². The van der Waals surface area contributed by atoms with Crippen molar-refractivity contribution >= 4 is 11.9 Å². The fourth-order valence-corrected chi connectivity index (χ4v) is 1.53. The number of benzene rings is 1. The maximum Gasteiger partial charge on any atom is 0.328 e. The van der Waals surface area contributed by atoms with E-state index in [1.165, 1.54) is 7.11 Å². The molecule has 1 amide bonds. The molecule has 2 atom stereocenters. The molecule has 0 aromatic heterocycles. The molecule has 18 heavy (non-hydrogen) atoms. The molecule has 5 heteroatoms. The minimum absolute atomic E-state index is 0.0530. The first-order valence-electron chi connectivity index (χ1n) is 5.63. The second-order valence-electron chi connectivity index (χ2n) is 3.99. The first-order chi connectivity index (χ1) is 8.56. The summed E-state index contributed by atoms with van der Waals surface area (Å²) in [5, 5.41) is 11.4. The smallest absolute Gasteiger partial charge is 0.328 e. The van der Waals surface area contributed by atoms with Gasteiger partial charge in [0.05, 0.1) is 12.5 Å². The van der Waals surface area contributed by atoms with Gasteiger partial charge < -0.3 is 15.2 Å².